The van der Waals surface area contributed by atoms with Crippen LogP contribution < -0.4 is 0 Å². The van der Waals surface area contributed by atoms with Crippen molar-refractivity contribution in [2.75, 3.05) is 0 Å². The van der Waals surface area contributed by atoms with Gasteiger partial charge in [-0.3, -0.25) is 4.55 Å². The Morgan fingerprint density at radius 3 is 1.32 bits per heavy atom. The first-order valence-electron chi connectivity index (χ1n) is 12.1. The molecule has 5 heteroatoms. The molecule has 0 aliphatic carbocycles. The number of aliphatic hydroxyl groups is 1. The van der Waals surface area contributed by atoms with Crippen molar-refractivity contribution in [2.45, 2.75) is 147 Å². The van der Waals surface area contributed by atoms with Crippen LogP contribution in [-0.4, -0.2) is 29.4 Å². The van der Waals surface area contributed by atoms with Gasteiger partial charge in [0.1, 0.15) is 0 Å². The van der Waals surface area contributed by atoms with E-state index in [1.807, 2.05) is 6.92 Å². The van der Waals surface area contributed by atoms with Gasteiger partial charge in [-0.15, -0.1) is 0 Å². The van der Waals surface area contributed by atoms with E-state index in [2.05, 4.69) is 6.92 Å². The zero-order valence-corrected chi connectivity index (χ0v) is 19.5. The molecular weight excluding hydrogens is 372 g/mol. The molecule has 0 aromatic heterocycles. The molecule has 2 unspecified atom stereocenters. The molecule has 0 saturated carbocycles. The van der Waals surface area contributed by atoms with Crippen molar-refractivity contribution in [1.29, 1.82) is 0 Å². The maximum atomic E-state index is 11.6. The van der Waals surface area contributed by atoms with Gasteiger partial charge in [0.15, 0.2) is 0 Å². The predicted molar refractivity (Wildman–Crippen MR) is 120 cm³/mol. The molecule has 28 heavy (non-hydrogen) atoms. The van der Waals surface area contributed by atoms with Gasteiger partial charge in [0.2, 0.25) is 0 Å². The van der Waals surface area contributed by atoms with E-state index in [9.17, 15) is 18.1 Å². The Kier molecular flexibility index (Phi) is 18.8. The van der Waals surface area contributed by atoms with Crippen LogP contribution in [0.3, 0.4) is 0 Å². The summed E-state index contributed by atoms with van der Waals surface area (Å²) in [6, 6.07) is 0. The molecule has 0 radical (unpaired) electrons. The quantitative estimate of drug-likeness (QED) is 0.154. The van der Waals surface area contributed by atoms with Crippen molar-refractivity contribution < 1.29 is 18.1 Å². The maximum absolute atomic E-state index is 11.6. The summed E-state index contributed by atoms with van der Waals surface area (Å²) in [5.41, 5.74) is 0. The topological polar surface area (TPSA) is 74.6 Å². The summed E-state index contributed by atoms with van der Waals surface area (Å²) in [6.45, 7) is 4.23. The fourth-order valence-electron chi connectivity index (χ4n) is 3.79. The highest BCUT2D eigenvalue weighted by Gasteiger charge is 2.21. The number of hydrogen-bond donors (Lipinski definition) is 2. The summed E-state index contributed by atoms with van der Waals surface area (Å²) >= 11 is 0. The summed E-state index contributed by atoms with van der Waals surface area (Å²) in [4.78, 5) is 0. The van der Waals surface area contributed by atoms with Crippen molar-refractivity contribution in [1.82, 2.24) is 0 Å². The second-order valence-corrected chi connectivity index (χ2v) is 10.2. The van der Waals surface area contributed by atoms with Crippen LogP contribution in [0.4, 0.5) is 0 Å². The lowest BCUT2D eigenvalue weighted by Crippen LogP contribution is -2.20. The molecule has 4 nitrogen and oxygen atoms in total. The predicted octanol–water partition coefficient (Wildman–Crippen LogP) is 7.06. The van der Waals surface area contributed by atoms with Gasteiger partial charge in [-0.2, -0.15) is 8.42 Å². The summed E-state index contributed by atoms with van der Waals surface area (Å²) in [5.74, 6) is 0. The highest BCUT2D eigenvalue weighted by atomic mass is 32.2. The number of hydrogen-bond acceptors (Lipinski definition) is 3. The molecule has 0 aliphatic rings. The molecular formula is C23H48O4S. The largest absolute Gasteiger partial charge is 0.393 e. The van der Waals surface area contributed by atoms with Crippen LogP contribution in [0.15, 0.2) is 0 Å². The first-order valence-corrected chi connectivity index (χ1v) is 13.6. The van der Waals surface area contributed by atoms with Crippen LogP contribution in [0.2, 0.25) is 0 Å². The first-order chi connectivity index (χ1) is 13.4. The molecule has 0 heterocycles. The summed E-state index contributed by atoms with van der Waals surface area (Å²) in [7, 11) is -3.93. The molecule has 0 aliphatic heterocycles. The van der Waals surface area contributed by atoms with Gasteiger partial charge in [0, 0.05) is 0 Å². The van der Waals surface area contributed by atoms with E-state index in [1.165, 1.54) is 57.8 Å². The average Bonchev–Trinajstić information content (AvgIpc) is 2.65. The standard InChI is InChI=1S/C23H48O4S/c1-3-5-6-7-8-9-10-11-12-13-17-20-23(28(25,26)27)21-18-15-14-16-19-22(24)4-2/h22-24H,3-21H2,1-2H3,(H,25,26,27). The Balaban J connectivity index is 3.69. The molecule has 0 fully saturated rings. The third-order valence-corrected chi connectivity index (χ3v) is 7.15. The fourth-order valence-corrected chi connectivity index (χ4v) is 4.72. The van der Waals surface area contributed by atoms with Gasteiger partial charge < -0.3 is 5.11 Å². The van der Waals surface area contributed by atoms with Gasteiger partial charge in [0.05, 0.1) is 11.4 Å². The van der Waals surface area contributed by atoms with Crippen molar-refractivity contribution >= 4 is 10.1 Å². The van der Waals surface area contributed by atoms with Gasteiger partial charge in [-0.05, 0) is 25.7 Å². The van der Waals surface area contributed by atoms with E-state index in [-0.39, 0.29) is 6.10 Å². The molecule has 0 bridgehead atoms. The zero-order chi connectivity index (χ0) is 21.1. The minimum atomic E-state index is -3.93. The molecule has 0 aromatic rings. The first kappa shape index (κ1) is 27.9. The Labute approximate surface area is 175 Å². The van der Waals surface area contributed by atoms with Gasteiger partial charge in [0.25, 0.3) is 10.1 Å². The van der Waals surface area contributed by atoms with Crippen LogP contribution in [0, 0.1) is 0 Å². The monoisotopic (exact) mass is 420 g/mol. The van der Waals surface area contributed by atoms with Crippen molar-refractivity contribution in [3.05, 3.63) is 0 Å². The van der Waals surface area contributed by atoms with Gasteiger partial charge in [-0.1, -0.05) is 110 Å². The Hall–Kier alpha value is -0.130. The summed E-state index contributed by atoms with van der Waals surface area (Å²) in [5, 5.41) is 8.94. The fraction of sp³-hybridized carbons (Fsp3) is 1.00. The van der Waals surface area contributed by atoms with Crippen molar-refractivity contribution in [3.63, 3.8) is 0 Å². The third kappa shape index (κ3) is 17.9. The normalized spacial score (nSPS) is 14.3. The zero-order valence-electron chi connectivity index (χ0n) is 18.7. The molecule has 0 aromatic carbocycles. The second kappa shape index (κ2) is 18.9. The minimum absolute atomic E-state index is 0.202. The molecule has 0 rings (SSSR count). The lowest BCUT2D eigenvalue weighted by atomic mass is 10.0. The Morgan fingerprint density at radius 1 is 0.607 bits per heavy atom. The van der Waals surface area contributed by atoms with E-state index in [0.717, 1.165) is 51.4 Å². The second-order valence-electron chi connectivity index (χ2n) is 8.51. The highest BCUT2D eigenvalue weighted by molar-refractivity contribution is 7.86. The van der Waals surface area contributed by atoms with E-state index >= 15 is 0 Å². The van der Waals surface area contributed by atoms with E-state index in [4.69, 9.17) is 0 Å². The number of unbranched alkanes of at least 4 members (excludes halogenated alkanes) is 13. The van der Waals surface area contributed by atoms with Crippen molar-refractivity contribution in [3.8, 4) is 0 Å². The Bertz CT molecular complexity index is 422. The molecule has 2 N–H and O–H groups in total. The SMILES string of the molecule is CCCCCCCCCCCCCC(CCCCCCC(O)CC)S(=O)(=O)O. The minimum Gasteiger partial charge on any atom is -0.393 e. The molecule has 0 saturated heterocycles. The Morgan fingerprint density at radius 2 is 0.964 bits per heavy atom. The maximum Gasteiger partial charge on any atom is 0.267 e. The van der Waals surface area contributed by atoms with Crippen molar-refractivity contribution in [2.24, 2.45) is 0 Å². The van der Waals surface area contributed by atoms with E-state index in [0.29, 0.717) is 12.8 Å². The van der Waals surface area contributed by atoms with Crippen LogP contribution in [0.1, 0.15) is 136 Å². The van der Waals surface area contributed by atoms with E-state index in [1.54, 1.807) is 0 Å². The third-order valence-electron chi connectivity index (χ3n) is 5.84. The summed E-state index contributed by atoms with van der Waals surface area (Å²) in [6.07, 6.45) is 20.1. The van der Waals surface area contributed by atoms with Crippen LogP contribution in [0.25, 0.3) is 0 Å². The number of aliphatic hydroxyl groups excluding tert-OH is 1. The van der Waals surface area contributed by atoms with E-state index < -0.39 is 15.4 Å². The lowest BCUT2D eigenvalue weighted by molar-refractivity contribution is 0.156. The number of rotatable bonds is 21. The lowest BCUT2D eigenvalue weighted by Gasteiger charge is -2.14. The average molecular weight is 421 g/mol. The van der Waals surface area contributed by atoms with Gasteiger partial charge in [-0.25, -0.2) is 0 Å². The van der Waals surface area contributed by atoms with Crippen LogP contribution in [-0.2, 0) is 10.1 Å². The van der Waals surface area contributed by atoms with Crippen LogP contribution in [0.5, 0.6) is 0 Å². The molecule has 170 valence electrons. The van der Waals surface area contributed by atoms with Gasteiger partial charge >= 0.3 is 0 Å². The molecule has 0 spiro atoms. The smallest absolute Gasteiger partial charge is 0.267 e. The molecule has 0 amide bonds. The summed E-state index contributed by atoms with van der Waals surface area (Å²) < 4.78 is 32.7. The highest BCUT2D eigenvalue weighted by Crippen LogP contribution is 2.19. The van der Waals surface area contributed by atoms with Crippen LogP contribution >= 0.6 is 0 Å². The molecule has 2 atom stereocenters.